The number of hydrogen-bond acceptors (Lipinski definition) is 4. The Hall–Kier alpha value is -1.20. The normalized spacial score (nSPS) is 18.4. The molecule has 0 radical (unpaired) electrons. The Morgan fingerprint density at radius 1 is 1.50 bits per heavy atom. The molecule has 0 bridgehead atoms. The van der Waals surface area contributed by atoms with E-state index in [-0.39, 0.29) is 17.1 Å². The van der Waals surface area contributed by atoms with Crippen molar-refractivity contribution in [1.82, 2.24) is 9.97 Å². The molecule has 3 rings (SSSR count). The minimum absolute atomic E-state index is 0.0558. The summed E-state index contributed by atoms with van der Waals surface area (Å²) in [4.78, 5) is 8.88. The standard InChI is InChI=1S/C12H11ClFN3S/c13-12-15-6-8(14)11(17-12)16-9-2-1-3-10-7(9)4-5-18-10/h4-6,9H,1-3H2,(H,15,16,17). The maximum Gasteiger partial charge on any atom is 0.224 e. The van der Waals surface area contributed by atoms with Crippen molar-refractivity contribution in [2.75, 3.05) is 5.32 Å². The van der Waals surface area contributed by atoms with Crippen LogP contribution in [0.25, 0.3) is 0 Å². The van der Waals surface area contributed by atoms with Crippen LogP contribution >= 0.6 is 22.9 Å². The van der Waals surface area contributed by atoms with Crippen LogP contribution in [0.5, 0.6) is 0 Å². The number of nitrogens with one attached hydrogen (secondary N) is 1. The molecule has 1 aliphatic carbocycles. The predicted octanol–water partition coefficient (Wildman–Crippen LogP) is 3.82. The van der Waals surface area contributed by atoms with Gasteiger partial charge in [-0.05, 0) is 47.9 Å². The summed E-state index contributed by atoms with van der Waals surface area (Å²) in [6, 6.07) is 2.21. The molecule has 2 aromatic rings. The van der Waals surface area contributed by atoms with Crippen molar-refractivity contribution in [2.24, 2.45) is 0 Å². The summed E-state index contributed by atoms with van der Waals surface area (Å²) in [5.74, 6) is -0.291. The number of nitrogens with zero attached hydrogens (tertiary/aromatic N) is 2. The van der Waals surface area contributed by atoms with E-state index in [1.165, 1.54) is 10.4 Å². The van der Waals surface area contributed by atoms with Gasteiger partial charge in [0.05, 0.1) is 12.2 Å². The highest BCUT2D eigenvalue weighted by atomic mass is 35.5. The van der Waals surface area contributed by atoms with Gasteiger partial charge in [-0.25, -0.2) is 9.37 Å². The Labute approximate surface area is 113 Å². The molecule has 0 saturated carbocycles. The first-order chi connectivity index (χ1) is 8.74. The van der Waals surface area contributed by atoms with Crippen molar-refractivity contribution in [1.29, 1.82) is 0 Å². The molecule has 0 aliphatic heterocycles. The van der Waals surface area contributed by atoms with Crippen molar-refractivity contribution in [3.05, 3.63) is 39.2 Å². The van der Waals surface area contributed by atoms with Gasteiger partial charge in [0, 0.05) is 4.88 Å². The van der Waals surface area contributed by atoms with E-state index in [4.69, 9.17) is 11.6 Å². The van der Waals surface area contributed by atoms with Gasteiger partial charge in [0.25, 0.3) is 0 Å². The number of hydrogen-bond donors (Lipinski definition) is 1. The van der Waals surface area contributed by atoms with E-state index in [0.717, 1.165) is 25.5 Å². The van der Waals surface area contributed by atoms with E-state index < -0.39 is 5.82 Å². The van der Waals surface area contributed by atoms with Gasteiger partial charge in [0.1, 0.15) is 0 Å². The fourth-order valence-corrected chi connectivity index (χ4v) is 3.37. The van der Waals surface area contributed by atoms with E-state index in [1.54, 1.807) is 11.3 Å². The van der Waals surface area contributed by atoms with Gasteiger partial charge < -0.3 is 5.32 Å². The fourth-order valence-electron chi connectivity index (χ4n) is 2.25. The van der Waals surface area contributed by atoms with Crippen LogP contribution < -0.4 is 5.32 Å². The van der Waals surface area contributed by atoms with E-state index in [9.17, 15) is 4.39 Å². The quantitative estimate of drug-likeness (QED) is 0.852. The molecule has 0 aromatic carbocycles. The molecule has 2 aromatic heterocycles. The minimum Gasteiger partial charge on any atom is -0.361 e. The lowest BCUT2D eigenvalue weighted by Gasteiger charge is -2.24. The largest absolute Gasteiger partial charge is 0.361 e. The number of halogens is 2. The molecule has 0 amide bonds. The molecule has 0 saturated heterocycles. The van der Waals surface area contributed by atoms with Crippen LogP contribution in [0.1, 0.15) is 29.3 Å². The third-order valence-electron chi connectivity index (χ3n) is 3.08. The molecular weight excluding hydrogens is 273 g/mol. The number of thiophene rings is 1. The zero-order valence-electron chi connectivity index (χ0n) is 9.49. The Morgan fingerprint density at radius 3 is 3.28 bits per heavy atom. The van der Waals surface area contributed by atoms with E-state index in [0.29, 0.717) is 0 Å². The zero-order valence-corrected chi connectivity index (χ0v) is 11.1. The first kappa shape index (κ1) is 11.9. The van der Waals surface area contributed by atoms with Crippen LogP contribution in [0.4, 0.5) is 10.2 Å². The second-order valence-electron chi connectivity index (χ2n) is 4.22. The van der Waals surface area contributed by atoms with Gasteiger partial charge in [-0.15, -0.1) is 11.3 Å². The zero-order chi connectivity index (χ0) is 12.5. The van der Waals surface area contributed by atoms with Crippen molar-refractivity contribution < 1.29 is 4.39 Å². The van der Waals surface area contributed by atoms with Crippen molar-refractivity contribution in [2.45, 2.75) is 25.3 Å². The van der Waals surface area contributed by atoms with Gasteiger partial charge in [-0.3, -0.25) is 0 Å². The highest BCUT2D eigenvalue weighted by Gasteiger charge is 2.22. The van der Waals surface area contributed by atoms with E-state index >= 15 is 0 Å². The maximum absolute atomic E-state index is 13.6. The second kappa shape index (κ2) is 4.82. The monoisotopic (exact) mass is 283 g/mol. The molecule has 0 spiro atoms. The van der Waals surface area contributed by atoms with Gasteiger partial charge in [0.15, 0.2) is 11.6 Å². The van der Waals surface area contributed by atoms with Crippen molar-refractivity contribution >= 4 is 28.8 Å². The molecule has 2 heterocycles. The average Bonchev–Trinajstić information content (AvgIpc) is 2.83. The molecule has 1 atom stereocenters. The summed E-state index contributed by atoms with van der Waals surface area (Å²) < 4.78 is 13.6. The van der Waals surface area contributed by atoms with Crippen molar-refractivity contribution in [3.63, 3.8) is 0 Å². The summed E-state index contributed by atoms with van der Waals surface area (Å²) in [6.45, 7) is 0. The third-order valence-corrected chi connectivity index (χ3v) is 4.26. The van der Waals surface area contributed by atoms with Crippen LogP contribution in [0.2, 0.25) is 5.28 Å². The Kier molecular flexibility index (Phi) is 3.18. The third kappa shape index (κ3) is 2.20. The molecule has 18 heavy (non-hydrogen) atoms. The number of aryl methyl sites for hydroxylation is 1. The molecule has 6 heteroatoms. The van der Waals surface area contributed by atoms with E-state index in [2.05, 4.69) is 26.7 Å². The highest BCUT2D eigenvalue weighted by molar-refractivity contribution is 7.10. The van der Waals surface area contributed by atoms with Crippen LogP contribution in [-0.4, -0.2) is 9.97 Å². The van der Waals surface area contributed by atoms with Gasteiger partial charge in [-0.2, -0.15) is 4.98 Å². The molecular formula is C12H11ClFN3S. The lowest BCUT2D eigenvalue weighted by molar-refractivity contribution is 0.583. The number of rotatable bonds is 2. The molecule has 1 aliphatic rings. The van der Waals surface area contributed by atoms with Crippen LogP contribution in [0.3, 0.4) is 0 Å². The van der Waals surface area contributed by atoms with E-state index in [1.807, 2.05) is 0 Å². The smallest absolute Gasteiger partial charge is 0.224 e. The number of aromatic nitrogens is 2. The number of anilines is 1. The summed E-state index contributed by atoms with van der Waals surface area (Å²) in [7, 11) is 0. The average molecular weight is 284 g/mol. The van der Waals surface area contributed by atoms with Crippen LogP contribution in [-0.2, 0) is 6.42 Å². The predicted molar refractivity (Wildman–Crippen MR) is 70.6 cm³/mol. The minimum atomic E-state index is -0.471. The molecule has 94 valence electrons. The maximum atomic E-state index is 13.6. The van der Waals surface area contributed by atoms with Gasteiger partial charge in [0.2, 0.25) is 5.28 Å². The lowest BCUT2D eigenvalue weighted by atomic mass is 9.94. The molecule has 1 N–H and O–H groups in total. The fraction of sp³-hybridized carbons (Fsp3) is 0.333. The lowest BCUT2D eigenvalue weighted by Crippen LogP contribution is -2.17. The summed E-state index contributed by atoms with van der Waals surface area (Å²) in [5, 5.41) is 5.26. The van der Waals surface area contributed by atoms with Crippen molar-refractivity contribution in [3.8, 4) is 0 Å². The second-order valence-corrected chi connectivity index (χ2v) is 5.56. The molecule has 0 fully saturated rings. The van der Waals surface area contributed by atoms with Crippen LogP contribution in [0, 0.1) is 5.82 Å². The first-order valence-electron chi connectivity index (χ1n) is 5.75. The summed E-state index contributed by atoms with van der Waals surface area (Å²) >= 11 is 7.44. The van der Waals surface area contributed by atoms with Crippen LogP contribution in [0.15, 0.2) is 17.6 Å². The van der Waals surface area contributed by atoms with Gasteiger partial charge in [-0.1, -0.05) is 0 Å². The molecule has 3 nitrogen and oxygen atoms in total. The first-order valence-corrected chi connectivity index (χ1v) is 7.00. The Morgan fingerprint density at radius 2 is 2.39 bits per heavy atom. The van der Waals surface area contributed by atoms with Gasteiger partial charge >= 0.3 is 0 Å². The highest BCUT2D eigenvalue weighted by Crippen LogP contribution is 2.35. The Balaban J connectivity index is 1.88. The molecule has 1 unspecified atom stereocenters. The number of fused-ring (bicyclic) bond motifs is 1. The summed E-state index contributed by atoms with van der Waals surface area (Å²) in [6.07, 6.45) is 4.28. The topological polar surface area (TPSA) is 37.8 Å². The summed E-state index contributed by atoms with van der Waals surface area (Å²) in [5.41, 5.74) is 1.25. The SMILES string of the molecule is Fc1cnc(Cl)nc1NC1CCCc2sccc21. The Bertz CT molecular complexity index is 572.